The summed E-state index contributed by atoms with van der Waals surface area (Å²) in [7, 11) is 0. The van der Waals surface area contributed by atoms with Gasteiger partial charge in [0.2, 0.25) is 0 Å². The molecule has 0 N–H and O–H groups in total. The van der Waals surface area contributed by atoms with Crippen LogP contribution < -0.4 is 0 Å². The lowest BCUT2D eigenvalue weighted by molar-refractivity contribution is 0.0154. The molecule has 0 aromatic carbocycles. The van der Waals surface area contributed by atoms with Crippen molar-refractivity contribution in [2.24, 2.45) is 11.8 Å². The van der Waals surface area contributed by atoms with Gasteiger partial charge in [0.25, 0.3) is 0 Å². The lowest BCUT2D eigenvalue weighted by atomic mass is 9.92. The molecule has 0 saturated carbocycles. The minimum absolute atomic E-state index is 0.222. The van der Waals surface area contributed by atoms with E-state index in [2.05, 4.69) is 10.8 Å². The quantitative estimate of drug-likeness (QED) is 0.732. The summed E-state index contributed by atoms with van der Waals surface area (Å²) in [6.45, 7) is 9.31. The topological polar surface area (TPSA) is 32.8 Å². The number of ether oxygens (including phenoxy) is 1. The molecule has 23 heavy (non-hydrogen) atoms. The van der Waals surface area contributed by atoms with E-state index in [0.717, 1.165) is 45.4 Å². The van der Waals surface area contributed by atoms with Gasteiger partial charge in [-0.3, -0.25) is 0 Å². The van der Waals surface area contributed by atoms with E-state index in [0.29, 0.717) is 12.5 Å². The normalized spacial score (nSPS) is 27.5. The Balaban J connectivity index is 1.73. The number of hydrogen-bond donors (Lipinski definition) is 0. The molecule has 2 rings (SSSR count). The summed E-state index contributed by atoms with van der Waals surface area (Å²) >= 11 is 0. The first kappa shape index (κ1) is 18.1. The van der Waals surface area contributed by atoms with Gasteiger partial charge in [0.15, 0.2) is 0 Å². The molecule has 0 bridgehead atoms. The van der Waals surface area contributed by atoms with Crippen molar-refractivity contribution in [1.82, 2.24) is 9.80 Å². The van der Waals surface area contributed by atoms with Gasteiger partial charge < -0.3 is 14.5 Å². The predicted molar refractivity (Wildman–Crippen MR) is 88.8 cm³/mol. The van der Waals surface area contributed by atoms with Gasteiger partial charge in [-0.1, -0.05) is 0 Å². The average Bonchev–Trinajstić information content (AvgIpc) is 2.46. The van der Waals surface area contributed by atoms with Crippen LogP contribution in [0.15, 0.2) is 0 Å². The number of nitrogens with zero attached hydrogens (tertiary/aromatic N) is 2. The number of amides is 1. The van der Waals surface area contributed by atoms with Crippen LogP contribution in [-0.2, 0) is 4.74 Å². The number of halogens is 1. The Hall–Kier alpha value is -1.28. The lowest BCUT2D eigenvalue weighted by Gasteiger charge is -2.38. The maximum absolute atomic E-state index is 13.9. The zero-order chi connectivity index (χ0) is 17.0. The van der Waals surface area contributed by atoms with E-state index < -0.39 is 11.8 Å². The first-order chi connectivity index (χ1) is 10.8. The highest BCUT2D eigenvalue weighted by molar-refractivity contribution is 5.68. The summed E-state index contributed by atoms with van der Waals surface area (Å²) < 4.78 is 19.3. The van der Waals surface area contributed by atoms with Crippen molar-refractivity contribution in [2.45, 2.75) is 51.8 Å². The third-order valence-corrected chi connectivity index (χ3v) is 4.62. The minimum Gasteiger partial charge on any atom is -0.444 e. The summed E-state index contributed by atoms with van der Waals surface area (Å²) in [5.74, 6) is 2.85. The van der Waals surface area contributed by atoms with Crippen molar-refractivity contribution < 1.29 is 13.9 Å². The molecule has 0 aromatic rings. The van der Waals surface area contributed by atoms with E-state index in [1.807, 2.05) is 20.8 Å². The highest BCUT2D eigenvalue weighted by atomic mass is 19.1. The molecule has 0 aliphatic carbocycles. The fraction of sp³-hybridized carbons (Fsp3) is 0.833. The number of hydrogen-bond acceptors (Lipinski definition) is 3. The Morgan fingerprint density at radius 3 is 2.43 bits per heavy atom. The van der Waals surface area contributed by atoms with Crippen LogP contribution >= 0.6 is 0 Å². The summed E-state index contributed by atoms with van der Waals surface area (Å²) in [5.41, 5.74) is -0.453. The van der Waals surface area contributed by atoms with Crippen molar-refractivity contribution in [3.8, 4) is 12.3 Å². The van der Waals surface area contributed by atoms with E-state index in [-0.39, 0.29) is 12.0 Å². The second-order valence-corrected chi connectivity index (χ2v) is 7.75. The molecule has 2 heterocycles. The third kappa shape index (κ3) is 5.39. The highest BCUT2D eigenvalue weighted by Gasteiger charge is 2.31. The lowest BCUT2D eigenvalue weighted by Crippen LogP contribution is -2.46. The Morgan fingerprint density at radius 1 is 1.26 bits per heavy atom. The van der Waals surface area contributed by atoms with Gasteiger partial charge in [-0.05, 0) is 52.5 Å². The van der Waals surface area contributed by atoms with E-state index in [1.54, 1.807) is 4.90 Å². The molecule has 0 radical (unpaired) electrons. The molecule has 0 aromatic heterocycles. The van der Waals surface area contributed by atoms with Gasteiger partial charge in [0.1, 0.15) is 11.8 Å². The first-order valence-corrected chi connectivity index (χ1v) is 8.59. The maximum atomic E-state index is 13.9. The SMILES string of the molecule is C#C[C@@H]1CCN(CC2CCN(C(=O)OC(C)(C)C)CC2)C[C@@H]1F. The minimum atomic E-state index is -0.907. The fourth-order valence-corrected chi connectivity index (χ4v) is 3.31. The molecular formula is C18H29FN2O2. The van der Waals surface area contributed by atoms with Crippen molar-refractivity contribution in [2.75, 3.05) is 32.7 Å². The number of carbonyl (C=O) groups is 1. The number of rotatable bonds is 2. The summed E-state index contributed by atoms with van der Waals surface area (Å²) in [4.78, 5) is 16.0. The van der Waals surface area contributed by atoms with Crippen molar-refractivity contribution >= 4 is 6.09 Å². The molecule has 2 fully saturated rings. The van der Waals surface area contributed by atoms with Gasteiger partial charge in [-0.15, -0.1) is 12.3 Å². The van der Waals surface area contributed by atoms with E-state index in [9.17, 15) is 9.18 Å². The third-order valence-electron chi connectivity index (χ3n) is 4.62. The standard InChI is InChI=1S/C18H29FN2O2/c1-5-15-8-9-20(13-16(15)19)12-14-6-10-21(11-7-14)17(22)23-18(2,3)4/h1,14-16H,6-13H2,2-4H3/t15-,16+/m1/s1. The number of terminal acetylenes is 1. The van der Waals surface area contributed by atoms with E-state index in [1.165, 1.54) is 0 Å². The number of piperidine rings is 2. The molecule has 0 spiro atoms. The van der Waals surface area contributed by atoms with Crippen molar-refractivity contribution in [3.05, 3.63) is 0 Å². The molecule has 2 atom stereocenters. The Kier molecular flexibility index (Phi) is 5.91. The predicted octanol–water partition coefficient (Wildman–Crippen LogP) is 2.93. The van der Waals surface area contributed by atoms with Crippen LogP contribution in [0.25, 0.3) is 0 Å². The van der Waals surface area contributed by atoms with Crippen LogP contribution in [0.1, 0.15) is 40.0 Å². The monoisotopic (exact) mass is 324 g/mol. The zero-order valence-electron chi connectivity index (χ0n) is 14.6. The van der Waals surface area contributed by atoms with E-state index in [4.69, 9.17) is 11.2 Å². The molecule has 130 valence electrons. The molecule has 0 unspecified atom stereocenters. The molecule has 2 aliphatic rings. The second-order valence-electron chi connectivity index (χ2n) is 7.75. The van der Waals surface area contributed by atoms with Crippen molar-refractivity contribution in [3.63, 3.8) is 0 Å². The maximum Gasteiger partial charge on any atom is 0.410 e. The smallest absolute Gasteiger partial charge is 0.410 e. The molecule has 4 nitrogen and oxygen atoms in total. The van der Waals surface area contributed by atoms with Gasteiger partial charge in [-0.25, -0.2) is 9.18 Å². The molecule has 5 heteroatoms. The van der Waals surface area contributed by atoms with Gasteiger partial charge >= 0.3 is 6.09 Å². The zero-order valence-corrected chi connectivity index (χ0v) is 14.6. The second kappa shape index (κ2) is 7.53. The van der Waals surface area contributed by atoms with Crippen molar-refractivity contribution in [1.29, 1.82) is 0 Å². The fourth-order valence-electron chi connectivity index (χ4n) is 3.31. The summed E-state index contributed by atoms with van der Waals surface area (Å²) in [6.07, 6.45) is 6.86. The van der Waals surface area contributed by atoms with Gasteiger partial charge in [-0.2, -0.15) is 0 Å². The largest absolute Gasteiger partial charge is 0.444 e. The van der Waals surface area contributed by atoms with Gasteiger partial charge in [0, 0.05) is 26.2 Å². The molecule has 2 aliphatic heterocycles. The van der Waals surface area contributed by atoms with Crippen LogP contribution in [0.5, 0.6) is 0 Å². The first-order valence-electron chi connectivity index (χ1n) is 8.59. The highest BCUT2D eigenvalue weighted by Crippen LogP contribution is 2.24. The van der Waals surface area contributed by atoms with Gasteiger partial charge in [0.05, 0.1) is 5.92 Å². The number of likely N-dealkylation sites (tertiary alicyclic amines) is 2. The van der Waals surface area contributed by atoms with Crippen LogP contribution in [0, 0.1) is 24.2 Å². The van der Waals surface area contributed by atoms with Crippen LogP contribution in [0.3, 0.4) is 0 Å². The summed E-state index contributed by atoms with van der Waals surface area (Å²) in [6, 6.07) is 0. The Labute approximate surface area is 139 Å². The number of carbonyl (C=O) groups excluding carboxylic acids is 1. The molecule has 2 saturated heterocycles. The Morgan fingerprint density at radius 2 is 1.91 bits per heavy atom. The van der Waals surface area contributed by atoms with E-state index >= 15 is 0 Å². The number of alkyl halides is 1. The Bertz CT molecular complexity index is 447. The van der Waals surface area contributed by atoms with Crippen LogP contribution in [-0.4, -0.2) is 60.4 Å². The molecular weight excluding hydrogens is 295 g/mol. The average molecular weight is 324 g/mol. The molecule has 1 amide bonds. The van der Waals surface area contributed by atoms with Crippen LogP contribution in [0.2, 0.25) is 0 Å². The summed E-state index contributed by atoms with van der Waals surface area (Å²) in [5, 5.41) is 0. The van der Waals surface area contributed by atoms with Crippen LogP contribution in [0.4, 0.5) is 9.18 Å².